The van der Waals surface area contributed by atoms with Crippen LogP contribution < -0.4 is 25.0 Å². The molecule has 0 aliphatic rings. The van der Waals surface area contributed by atoms with E-state index in [9.17, 15) is 5.11 Å². The zero-order valence-electron chi connectivity index (χ0n) is 15.1. The fourth-order valence-corrected chi connectivity index (χ4v) is 2.56. The van der Waals surface area contributed by atoms with Crippen molar-refractivity contribution in [1.82, 2.24) is 5.43 Å². The van der Waals surface area contributed by atoms with E-state index in [2.05, 4.69) is 15.8 Å². The molecule has 0 bridgehead atoms. The molecule has 0 aromatic heterocycles. The molecule has 0 aliphatic heterocycles. The molecule has 0 heterocycles. The fraction of sp³-hybridized carbons (Fsp3) is 0.222. The Morgan fingerprint density at radius 3 is 2.59 bits per heavy atom. The summed E-state index contributed by atoms with van der Waals surface area (Å²) >= 11 is 11.2. The van der Waals surface area contributed by atoms with Crippen LogP contribution in [0.3, 0.4) is 0 Å². The summed E-state index contributed by atoms with van der Waals surface area (Å²) in [4.78, 5) is 0. The minimum absolute atomic E-state index is 0.103. The van der Waals surface area contributed by atoms with Gasteiger partial charge < -0.3 is 24.6 Å². The van der Waals surface area contributed by atoms with Crippen LogP contribution in [0.1, 0.15) is 12.5 Å². The van der Waals surface area contributed by atoms with Gasteiger partial charge in [-0.2, -0.15) is 5.10 Å². The fourth-order valence-electron chi connectivity index (χ4n) is 2.17. The molecule has 0 aliphatic carbocycles. The summed E-state index contributed by atoms with van der Waals surface area (Å²) in [7, 11) is 3.13. The lowest BCUT2D eigenvalue weighted by atomic mass is 10.2. The van der Waals surface area contributed by atoms with E-state index in [4.69, 9.17) is 38.0 Å². The molecular formula is C18H20ClN3O4S. The smallest absolute Gasteiger partial charge is 0.191 e. The predicted molar refractivity (Wildman–Crippen MR) is 111 cm³/mol. The molecule has 0 saturated carbocycles. The van der Waals surface area contributed by atoms with Crippen molar-refractivity contribution in [1.29, 1.82) is 0 Å². The van der Waals surface area contributed by atoms with E-state index in [0.717, 1.165) is 0 Å². The van der Waals surface area contributed by atoms with Crippen LogP contribution in [0.15, 0.2) is 35.4 Å². The quantitative estimate of drug-likeness (QED) is 0.364. The maximum atomic E-state index is 9.84. The standard InChI is InChI=1S/C18H20ClN3O4S/c1-4-26-16-8-11(7-13(19)17(16)23)10-20-22-18(27)21-12-5-6-14(24-2)15(9-12)25-3/h5-10,23H,4H2,1-3H3,(H2,21,22,27)/b20-10+. The Balaban J connectivity index is 2.01. The van der Waals surface area contributed by atoms with Crippen LogP contribution in [0, 0.1) is 0 Å². The Morgan fingerprint density at radius 2 is 1.93 bits per heavy atom. The molecule has 27 heavy (non-hydrogen) atoms. The van der Waals surface area contributed by atoms with Gasteiger partial charge in [-0.1, -0.05) is 11.6 Å². The second kappa shape index (κ2) is 9.84. The topological polar surface area (TPSA) is 84.3 Å². The van der Waals surface area contributed by atoms with Gasteiger partial charge >= 0.3 is 0 Å². The first kappa shape index (κ1) is 20.6. The second-order valence-corrected chi connectivity index (χ2v) is 5.99. The number of nitrogens with one attached hydrogen (secondary N) is 2. The van der Waals surface area contributed by atoms with Crippen molar-refractivity contribution < 1.29 is 19.3 Å². The van der Waals surface area contributed by atoms with Gasteiger partial charge in [0.05, 0.1) is 32.1 Å². The van der Waals surface area contributed by atoms with Crippen LogP contribution in [-0.4, -0.2) is 37.3 Å². The lowest BCUT2D eigenvalue weighted by Gasteiger charge is -2.11. The van der Waals surface area contributed by atoms with Crippen molar-refractivity contribution in [3.8, 4) is 23.0 Å². The number of methoxy groups -OCH3 is 2. The molecule has 7 nitrogen and oxygen atoms in total. The molecule has 0 atom stereocenters. The highest BCUT2D eigenvalue weighted by Gasteiger charge is 2.09. The SMILES string of the molecule is CCOc1cc(/C=N/NC(=S)Nc2ccc(OC)c(OC)c2)cc(Cl)c1O. The Bertz CT molecular complexity index is 846. The van der Waals surface area contributed by atoms with Crippen LogP contribution in [0.4, 0.5) is 5.69 Å². The number of benzene rings is 2. The minimum atomic E-state index is -0.103. The number of halogens is 1. The van der Waals surface area contributed by atoms with E-state index in [-0.39, 0.29) is 21.6 Å². The molecule has 0 spiro atoms. The van der Waals surface area contributed by atoms with Crippen molar-refractivity contribution >= 4 is 40.8 Å². The van der Waals surface area contributed by atoms with Crippen LogP contribution in [0.5, 0.6) is 23.0 Å². The summed E-state index contributed by atoms with van der Waals surface area (Å²) in [6, 6.07) is 8.51. The average Bonchev–Trinajstić information content (AvgIpc) is 2.65. The first-order chi connectivity index (χ1) is 13.0. The van der Waals surface area contributed by atoms with Crippen LogP contribution in [-0.2, 0) is 0 Å². The molecule has 2 aromatic carbocycles. The van der Waals surface area contributed by atoms with Gasteiger partial charge in [0.25, 0.3) is 0 Å². The summed E-state index contributed by atoms with van der Waals surface area (Å²) in [6.07, 6.45) is 1.51. The summed E-state index contributed by atoms with van der Waals surface area (Å²) in [6.45, 7) is 2.22. The lowest BCUT2D eigenvalue weighted by Crippen LogP contribution is -2.23. The highest BCUT2D eigenvalue weighted by Crippen LogP contribution is 2.34. The number of hydrogen-bond donors (Lipinski definition) is 3. The summed E-state index contributed by atoms with van der Waals surface area (Å²) in [5.74, 6) is 1.39. The molecular weight excluding hydrogens is 390 g/mol. The maximum absolute atomic E-state index is 9.84. The van der Waals surface area contributed by atoms with E-state index in [0.29, 0.717) is 29.4 Å². The molecule has 0 unspecified atom stereocenters. The first-order valence-electron chi connectivity index (χ1n) is 7.95. The molecule has 3 N–H and O–H groups in total. The highest BCUT2D eigenvalue weighted by molar-refractivity contribution is 7.80. The van der Waals surface area contributed by atoms with Crippen LogP contribution in [0.25, 0.3) is 0 Å². The van der Waals surface area contributed by atoms with E-state index >= 15 is 0 Å². The van der Waals surface area contributed by atoms with Gasteiger partial charge in [-0.15, -0.1) is 0 Å². The number of phenolic OH excluding ortho intramolecular Hbond substituents is 1. The molecule has 2 aromatic rings. The van der Waals surface area contributed by atoms with Crippen molar-refractivity contribution in [2.45, 2.75) is 6.92 Å². The molecule has 0 fully saturated rings. The molecule has 0 amide bonds. The second-order valence-electron chi connectivity index (χ2n) is 5.18. The highest BCUT2D eigenvalue weighted by atomic mass is 35.5. The third-order valence-electron chi connectivity index (χ3n) is 3.37. The Kier molecular flexibility index (Phi) is 7.51. The summed E-state index contributed by atoms with van der Waals surface area (Å²) in [5.41, 5.74) is 4.06. The van der Waals surface area contributed by atoms with Crippen molar-refractivity contribution in [3.63, 3.8) is 0 Å². The number of ether oxygens (including phenoxy) is 3. The van der Waals surface area contributed by atoms with Gasteiger partial charge in [-0.05, 0) is 49.0 Å². The normalized spacial score (nSPS) is 10.5. The Hall–Kier alpha value is -2.71. The number of thiocarbonyl (C=S) groups is 1. The Labute approximate surface area is 167 Å². The van der Waals surface area contributed by atoms with E-state index < -0.39 is 0 Å². The number of hydrogen-bond acceptors (Lipinski definition) is 6. The number of phenols is 1. The molecule has 144 valence electrons. The minimum Gasteiger partial charge on any atom is -0.503 e. The van der Waals surface area contributed by atoms with Gasteiger partial charge in [0.1, 0.15) is 0 Å². The zero-order chi connectivity index (χ0) is 19.8. The largest absolute Gasteiger partial charge is 0.503 e. The van der Waals surface area contributed by atoms with E-state index in [1.807, 2.05) is 6.92 Å². The van der Waals surface area contributed by atoms with Crippen molar-refractivity contribution in [2.75, 3.05) is 26.1 Å². The number of rotatable bonds is 7. The number of anilines is 1. The van der Waals surface area contributed by atoms with E-state index in [1.165, 1.54) is 6.21 Å². The maximum Gasteiger partial charge on any atom is 0.191 e. The predicted octanol–water partition coefficient (Wildman–Crippen LogP) is 3.78. The molecule has 2 rings (SSSR count). The number of nitrogens with zero attached hydrogens (tertiary/aromatic N) is 1. The van der Waals surface area contributed by atoms with Gasteiger partial charge in [0, 0.05) is 11.8 Å². The van der Waals surface area contributed by atoms with Gasteiger partial charge in [0.2, 0.25) is 0 Å². The molecule has 0 saturated heterocycles. The first-order valence-corrected chi connectivity index (χ1v) is 8.74. The Morgan fingerprint density at radius 1 is 1.19 bits per heavy atom. The van der Waals surface area contributed by atoms with Crippen LogP contribution >= 0.6 is 23.8 Å². The van der Waals surface area contributed by atoms with Gasteiger partial charge in [-0.25, -0.2) is 0 Å². The zero-order valence-corrected chi connectivity index (χ0v) is 16.6. The number of aromatic hydroxyl groups is 1. The van der Waals surface area contributed by atoms with E-state index in [1.54, 1.807) is 44.6 Å². The summed E-state index contributed by atoms with van der Waals surface area (Å²) < 4.78 is 15.8. The summed E-state index contributed by atoms with van der Waals surface area (Å²) in [5, 5.41) is 17.3. The van der Waals surface area contributed by atoms with Crippen LogP contribution in [0.2, 0.25) is 5.02 Å². The average molecular weight is 410 g/mol. The third kappa shape index (κ3) is 5.63. The third-order valence-corrected chi connectivity index (χ3v) is 3.85. The van der Waals surface area contributed by atoms with Gasteiger partial charge in [0.15, 0.2) is 28.1 Å². The van der Waals surface area contributed by atoms with Gasteiger partial charge in [-0.3, -0.25) is 5.43 Å². The molecule has 0 radical (unpaired) electrons. The molecule has 9 heteroatoms. The van der Waals surface area contributed by atoms with Crippen molar-refractivity contribution in [3.05, 3.63) is 40.9 Å². The van der Waals surface area contributed by atoms with Crippen molar-refractivity contribution in [2.24, 2.45) is 5.10 Å². The monoisotopic (exact) mass is 409 g/mol. The lowest BCUT2D eigenvalue weighted by molar-refractivity contribution is 0.318. The number of hydrazone groups is 1.